The SMILES string of the molecule is CC(N)C(=O)c1sccc1Cl. The van der Waals surface area contributed by atoms with E-state index in [9.17, 15) is 4.79 Å². The molecule has 0 fully saturated rings. The molecule has 0 radical (unpaired) electrons. The first kappa shape index (κ1) is 8.71. The topological polar surface area (TPSA) is 43.1 Å². The molecule has 0 saturated carbocycles. The molecule has 0 saturated heterocycles. The van der Waals surface area contributed by atoms with Gasteiger partial charge in [0.2, 0.25) is 0 Å². The van der Waals surface area contributed by atoms with E-state index in [4.69, 9.17) is 17.3 Å². The van der Waals surface area contributed by atoms with Crippen LogP contribution >= 0.6 is 22.9 Å². The van der Waals surface area contributed by atoms with Crippen molar-refractivity contribution in [3.8, 4) is 0 Å². The molecule has 0 bridgehead atoms. The first-order chi connectivity index (χ1) is 5.13. The Hall–Kier alpha value is -0.380. The summed E-state index contributed by atoms with van der Waals surface area (Å²) in [5.41, 5.74) is 5.39. The van der Waals surface area contributed by atoms with Crippen LogP contribution in [0.4, 0.5) is 0 Å². The molecule has 11 heavy (non-hydrogen) atoms. The van der Waals surface area contributed by atoms with Crippen molar-refractivity contribution in [1.29, 1.82) is 0 Å². The van der Waals surface area contributed by atoms with Crippen molar-refractivity contribution in [2.45, 2.75) is 13.0 Å². The molecule has 1 rings (SSSR count). The highest BCUT2D eigenvalue weighted by atomic mass is 35.5. The summed E-state index contributed by atoms with van der Waals surface area (Å²) in [4.78, 5) is 11.8. The summed E-state index contributed by atoms with van der Waals surface area (Å²) in [6, 6.07) is 1.23. The molecule has 0 aliphatic carbocycles. The van der Waals surface area contributed by atoms with Crippen molar-refractivity contribution in [3.05, 3.63) is 21.3 Å². The molecule has 2 N–H and O–H groups in total. The van der Waals surface area contributed by atoms with Crippen LogP contribution in [0.5, 0.6) is 0 Å². The molecule has 0 amide bonds. The molecule has 0 aliphatic rings. The van der Waals surface area contributed by atoms with Crippen LogP contribution in [0.15, 0.2) is 11.4 Å². The van der Waals surface area contributed by atoms with Crippen LogP contribution < -0.4 is 5.73 Å². The summed E-state index contributed by atoms with van der Waals surface area (Å²) >= 11 is 7.04. The van der Waals surface area contributed by atoms with Gasteiger partial charge >= 0.3 is 0 Å². The van der Waals surface area contributed by atoms with Gasteiger partial charge in [-0.3, -0.25) is 4.79 Å². The molecule has 1 unspecified atom stereocenters. The molecule has 0 spiro atoms. The minimum Gasteiger partial charge on any atom is -0.321 e. The van der Waals surface area contributed by atoms with Crippen molar-refractivity contribution in [1.82, 2.24) is 0 Å². The Morgan fingerprint density at radius 2 is 2.45 bits per heavy atom. The van der Waals surface area contributed by atoms with Crippen LogP contribution in [-0.2, 0) is 0 Å². The summed E-state index contributed by atoms with van der Waals surface area (Å²) in [7, 11) is 0. The quantitative estimate of drug-likeness (QED) is 0.723. The van der Waals surface area contributed by atoms with Crippen LogP contribution in [-0.4, -0.2) is 11.8 Å². The first-order valence-corrected chi connectivity index (χ1v) is 4.41. The third kappa shape index (κ3) is 1.80. The second kappa shape index (κ2) is 3.34. The van der Waals surface area contributed by atoms with Gasteiger partial charge in [0, 0.05) is 0 Å². The van der Waals surface area contributed by atoms with E-state index in [-0.39, 0.29) is 5.78 Å². The average molecular weight is 190 g/mol. The minimum atomic E-state index is -0.467. The zero-order valence-electron chi connectivity index (χ0n) is 6.00. The molecule has 1 aromatic heterocycles. The van der Waals surface area contributed by atoms with Gasteiger partial charge in [-0.15, -0.1) is 11.3 Å². The van der Waals surface area contributed by atoms with Gasteiger partial charge < -0.3 is 5.73 Å². The molecule has 1 atom stereocenters. The summed E-state index contributed by atoms with van der Waals surface area (Å²) in [5, 5.41) is 2.27. The van der Waals surface area contributed by atoms with E-state index in [1.54, 1.807) is 18.4 Å². The van der Waals surface area contributed by atoms with Gasteiger partial charge in [-0.25, -0.2) is 0 Å². The zero-order chi connectivity index (χ0) is 8.43. The standard InChI is InChI=1S/C7H8ClNOS/c1-4(9)6(10)7-5(8)2-3-11-7/h2-4H,9H2,1H3. The molecule has 2 nitrogen and oxygen atoms in total. The highest BCUT2D eigenvalue weighted by Crippen LogP contribution is 2.22. The molecule has 1 aromatic rings. The number of carbonyl (C=O) groups excluding carboxylic acids is 1. The number of nitrogens with two attached hydrogens (primary N) is 1. The highest BCUT2D eigenvalue weighted by molar-refractivity contribution is 7.12. The van der Waals surface area contributed by atoms with Crippen LogP contribution in [0.2, 0.25) is 5.02 Å². The lowest BCUT2D eigenvalue weighted by atomic mass is 10.2. The van der Waals surface area contributed by atoms with E-state index in [0.29, 0.717) is 9.90 Å². The zero-order valence-corrected chi connectivity index (χ0v) is 7.58. The van der Waals surface area contributed by atoms with E-state index < -0.39 is 6.04 Å². The van der Waals surface area contributed by atoms with Gasteiger partial charge in [-0.2, -0.15) is 0 Å². The fraction of sp³-hybridized carbons (Fsp3) is 0.286. The summed E-state index contributed by atoms with van der Waals surface area (Å²) < 4.78 is 0. The fourth-order valence-electron chi connectivity index (χ4n) is 0.676. The maximum Gasteiger partial charge on any atom is 0.190 e. The smallest absolute Gasteiger partial charge is 0.190 e. The van der Waals surface area contributed by atoms with Gasteiger partial charge in [-0.1, -0.05) is 11.6 Å². The highest BCUT2D eigenvalue weighted by Gasteiger charge is 2.14. The Kier molecular flexibility index (Phi) is 2.65. The van der Waals surface area contributed by atoms with Crippen molar-refractivity contribution in [2.75, 3.05) is 0 Å². The number of thiophene rings is 1. The van der Waals surface area contributed by atoms with E-state index in [0.717, 1.165) is 0 Å². The summed E-state index contributed by atoms with van der Waals surface area (Å²) in [5.74, 6) is -0.0926. The lowest BCUT2D eigenvalue weighted by Crippen LogP contribution is -2.25. The van der Waals surface area contributed by atoms with E-state index in [1.807, 2.05) is 0 Å². The molecule has 60 valence electrons. The van der Waals surface area contributed by atoms with Crippen LogP contribution in [0, 0.1) is 0 Å². The van der Waals surface area contributed by atoms with Gasteiger partial charge in [0.15, 0.2) is 5.78 Å². The lowest BCUT2D eigenvalue weighted by Gasteiger charge is -2.00. The van der Waals surface area contributed by atoms with E-state index in [2.05, 4.69) is 0 Å². The number of ketones is 1. The Morgan fingerprint density at radius 3 is 2.82 bits per heavy atom. The van der Waals surface area contributed by atoms with Gasteiger partial charge in [0.1, 0.15) is 0 Å². The van der Waals surface area contributed by atoms with Crippen LogP contribution in [0.25, 0.3) is 0 Å². The fourth-order valence-corrected chi connectivity index (χ4v) is 1.86. The Morgan fingerprint density at radius 1 is 1.82 bits per heavy atom. The molecule has 0 aliphatic heterocycles. The third-order valence-corrected chi connectivity index (χ3v) is 2.61. The molecular weight excluding hydrogens is 182 g/mol. The van der Waals surface area contributed by atoms with Gasteiger partial charge in [-0.05, 0) is 18.4 Å². The number of carbonyl (C=O) groups is 1. The first-order valence-electron chi connectivity index (χ1n) is 3.15. The van der Waals surface area contributed by atoms with Gasteiger partial charge in [0.25, 0.3) is 0 Å². The third-order valence-electron chi connectivity index (χ3n) is 1.25. The van der Waals surface area contributed by atoms with Crippen LogP contribution in [0.1, 0.15) is 16.6 Å². The molecule has 0 aromatic carbocycles. The minimum absolute atomic E-state index is 0.0926. The van der Waals surface area contributed by atoms with Crippen molar-refractivity contribution in [2.24, 2.45) is 5.73 Å². The van der Waals surface area contributed by atoms with Gasteiger partial charge in [0.05, 0.1) is 15.9 Å². The lowest BCUT2D eigenvalue weighted by molar-refractivity contribution is 0.0972. The number of Topliss-reactive ketones (excluding diaryl/α,β-unsaturated/α-hetero) is 1. The average Bonchev–Trinajstić information content (AvgIpc) is 2.33. The number of hydrogen-bond acceptors (Lipinski definition) is 3. The second-order valence-electron chi connectivity index (χ2n) is 2.25. The second-order valence-corrected chi connectivity index (χ2v) is 3.57. The molecule has 1 heterocycles. The number of hydrogen-bond donors (Lipinski definition) is 1. The van der Waals surface area contributed by atoms with Crippen molar-refractivity contribution < 1.29 is 4.79 Å². The Labute approximate surface area is 74.0 Å². The van der Waals surface area contributed by atoms with Crippen molar-refractivity contribution >= 4 is 28.7 Å². The predicted molar refractivity (Wildman–Crippen MR) is 47.3 cm³/mol. The molecular formula is C7H8ClNOS. The molecule has 4 heteroatoms. The Balaban J connectivity index is 2.93. The normalized spacial score (nSPS) is 13.0. The van der Waals surface area contributed by atoms with Crippen LogP contribution in [0.3, 0.4) is 0 Å². The van der Waals surface area contributed by atoms with Crippen molar-refractivity contribution in [3.63, 3.8) is 0 Å². The summed E-state index contributed by atoms with van der Waals surface area (Å²) in [6.45, 7) is 1.65. The monoisotopic (exact) mass is 189 g/mol. The number of halogens is 1. The number of rotatable bonds is 2. The predicted octanol–water partition coefficient (Wildman–Crippen LogP) is 1.93. The Bertz CT molecular complexity index is 269. The maximum atomic E-state index is 11.2. The maximum absolute atomic E-state index is 11.2. The largest absolute Gasteiger partial charge is 0.321 e. The van der Waals surface area contributed by atoms with E-state index in [1.165, 1.54) is 11.3 Å². The summed E-state index contributed by atoms with van der Waals surface area (Å²) in [6.07, 6.45) is 0. The van der Waals surface area contributed by atoms with E-state index >= 15 is 0 Å².